The van der Waals surface area contributed by atoms with Gasteiger partial charge in [-0.05, 0) is 0 Å². The van der Waals surface area contributed by atoms with Gasteiger partial charge in [0.2, 0.25) is 6.43 Å². The first-order valence-corrected chi connectivity index (χ1v) is 2.68. The standard InChI is InChI=1S/C5H5F5O/c6-4(7)1-3(11)2-5(8,9)10/h4H,1-2H2. The summed E-state index contributed by atoms with van der Waals surface area (Å²) < 4.78 is 56.4. The summed E-state index contributed by atoms with van der Waals surface area (Å²) >= 11 is 0. The molecule has 0 heterocycles. The fourth-order valence-corrected chi connectivity index (χ4v) is 0.468. The zero-order chi connectivity index (χ0) is 9.07. The second-order valence-electron chi connectivity index (χ2n) is 1.93. The molecule has 0 atom stereocenters. The van der Waals surface area contributed by atoms with Crippen molar-refractivity contribution in [1.29, 1.82) is 0 Å². The fraction of sp³-hybridized carbons (Fsp3) is 0.800. The lowest BCUT2D eigenvalue weighted by atomic mass is 10.2. The summed E-state index contributed by atoms with van der Waals surface area (Å²) in [4.78, 5) is 10.1. The van der Waals surface area contributed by atoms with Crippen molar-refractivity contribution < 1.29 is 26.7 Å². The average Bonchev–Trinajstić information content (AvgIpc) is 1.53. The van der Waals surface area contributed by atoms with Crippen LogP contribution in [0, 0.1) is 0 Å². The Balaban J connectivity index is 3.71. The lowest BCUT2D eigenvalue weighted by molar-refractivity contribution is -0.153. The maximum Gasteiger partial charge on any atom is 0.395 e. The van der Waals surface area contributed by atoms with Crippen LogP contribution in [-0.2, 0) is 4.79 Å². The Morgan fingerprint density at radius 3 is 2.00 bits per heavy atom. The lowest BCUT2D eigenvalue weighted by Gasteiger charge is -2.03. The van der Waals surface area contributed by atoms with Gasteiger partial charge in [0.15, 0.2) is 0 Å². The van der Waals surface area contributed by atoms with E-state index >= 15 is 0 Å². The van der Waals surface area contributed by atoms with Crippen LogP contribution in [0.4, 0.5) is 22.0 Å². The summed E-state index contributed by atoms with van der Waals surface area (Å²) in [7, 11) is 0. The lowest BCUT2D eigenvalue weighted by Crippen LogP contribution is -2.16. The largest absolute Gasteiger partial charge is 0.395 e. The van der Waals surface area contributed by atoms with Crippen molar-refractivity contribution >= 4 is 5.78 Å². The zero-order valence-corrected chi connectivity index (χ0v) is 5.29. The molecule has 6 heteroatoms. The minimum atomic E-state index is -4.67. The number of carbonyl (C=O) groups excluding carboxylic acids is 1. The second-order valence-corrected chi connectivity index (χ2v) is 1.93. The van der Waals surface area contributed by atoms with Gasteiger partial charge >= 0.3 is 6.18 Å². The quantitative estimate of drug-likeness (QED) is 0.602. The number of carbonyl (C=O) groups is 1. The molecule has 0 rings (SSSR count). The van der Waals surface area contributed by atoms with E-state index in [2.05, 4.69) is 0 Å². The highest BCUT2D eigenvalue weighted by molar-refractivity contribution is 5.79. The maximum absolute atomic E-state index is 11.3. The zero-order valence-electron chi connectivity index (χ0n) is 5.29. The Bertz CT molecular complexity index is 138. The molecule has 1 nitrogen and oxygen atoms in total. The van der Waals surface area contributed by atoms with Gasteiger partial charge in [-0.2, -0.15) is 13.2 Å². The fourth-order valence-electron chi connectivity index (χ4n) is 0.468. The van der Waals surface area contributed by atoms with E-state index in [1.165, 1.54) is 0 Å². The average molecular weight is 176 g/mol. The van der Waals surface area contributed by atoms with Gasteiger partial charge in [0.1, 0.15) is 12.2 Å². The number of halogens is 5. The van der Waals surface area contributed by atoms with Crippen LogP contribution in [0.3, 0.4) is 0 Å². The summed E-state index contributed by atoms with van der Waals surface area (Å²) in [5.41, 5.74) is 0. The van der Waals surface area contributed by atoms with E-state index in [-0.39, 0.29) is 0 Å². The van der Waals surface area contributed by atoms with Gasteiger partial charge in [-0.15, -0.1) is 0 Å². The molecule has 0 aliphatic rings. The SMILES string of the molecule is O=C(CC(F)F)CC(F)(F)F. The summed E-state index contributed by atoms with van der Waals surface area (Å²) in [6, 6.07) is 0. The highest BCUT2D eigenvalue weighted by atomic mass is 19.4. The topological polar surface area (TPSA) is 17.1 Å². The number of hydrogen-bond acceptors (Lipinski definition) is 1. The Kier molecular flexibility index (Phi) is 3.41. The van der Waals surface area contributed by atoms with Crippen molar-refractivity contribution in [1.82, 2.24) is 0 Å². The van der Waals surface area contributed by atoms with E-state index in [0.29, 0.717) is 0 Å². The van der Waals surface area contributed by atoms with Crippen LogP contribution in [-0.4, -0.2) is 18.4 Å². The van der Waals surface area contributed by atoms with Gasteiger partial charge in [0, 0.05) is 0 Å². The highest BCUT2D eigenvalue weighted by Gasteiger charge is 2.31. The molecular weight excluding hydrogens is 171 g/mol. The molecule has 0 saturated heterocycles. The third kappa shape index (κ3) is 7.21. The van der Waals surface area contributed by atoms with Crippen molar-refractivity contribution in [2.45, 2.75) is 25.4 Å². The maximum atomic E-state index is 11.3. The summed E-state index contributed by atoms with van der Waals surface area (Å²) in [5, 5.41) is 0. The molecule has 0 unspecified atom stereocenters. The number of alkyl halides is 5. The molecule has 0 aromatic carbocycles. The van der Waals surface area contributed by atoms with Crippen molar-refractivity contribution in [3.05, 3.63) is 0 Å². The normalized spacial score (nSPS) is 12.2. The first-order valence-electron chi connectivity index (χ1n) is 2.68. The van der Waals surface area contributed by atoms with Crippen LogP contribution >= 0.6 is 0 Å². The van der Waals surface area contributed by atoms with E-state index in [0.717, 1.165) is 0 Å². The molecule has 0 aliphatic heterocycles. The van der Waals surface area contributed by atoms with Gasteiger partial charge in [0.25, 0.3) is 0 Å². The van der Waals surface area contributed by atoms with E-state index in [9.17, 15) is 26.7 Å². The van der Waals surface area contributed by atoms with Gasteiger partial charge in [-0.1, -0.05) is 0 Å². The van der Waals surface area contributed by atoms with E-state index in [1.54, 1.807) is 0 Å². The summed E-state index contributed by atoms with van der Waals surface area (Å²) in [6.45, 7) is 0. The molecule has 0 fully saturated rings. The Labute approximate surface area is 59.2 Å². The minimum Gasteiger partial charge on any atom is -0.299 e. The van der Waals surface area contributed by atoms with Crippen molar-refractivity contribution in [3.63, 3.8) is 0 Å². The number of ketones is 1. The molecule has 0 aromatic rings. The summed E-state index contributed by atoms with van der Waals surface area (Å²) in [5.74, 6) is -1.48. The minimum absolute atomic E-state index is 1.32. The molecule has 0 N–H and O–H groups in total. The first kappa shape index (κ1) is 10.3. The molecule has 11 heavy (non-hydrogen) atoms. The van der Waals surface area contributed by atoms with Crippen LogP contribution in [0.2, 0.25) is 0 Å². The van der Waals surface area contributed by atoms with Crippen LogP contribution in [0.5, 0.6) is 0 Å². The third-order valence-corrected chi connectivity index (χ3v) is 0.780. The molecule has 0 bridgehead atoms. The molecule has 0 spiro atoms. The molecule has 66 valence electrons. The molecule has 0 aliphatic carbocycles. The summed E-state index contributed by atoms with van der Waals surface area (Å²) in [6.07, 6.45) is -10.8. The van der Waals surface area contributed by atoms with Gasteiger partial charge in [-0.3, -0.25) is 4.79 Å². The van der Waals surface area contributed by atoms with Crippen molar-refractivity contribution in [2.75, 3.05) is 0 Å². The van der Waals surface area contributed by atoms with Gasteiger partial charge in [0.05, 0.1) is 6.42 Å². The molecule has 0 saturated carbocycles. The Morgan fingerprint density at radius 2 is 1.73 bits per heavy atom. The molecular formula is C5H5F5O. The Morgan fingerprint density at radius 1 is 1.27 bits per heavy atom. The van der Waals surface area contributed by atoms with Crippen LogP contribution < -0.4 is 0 Å². The Hall–Kier alpha value is -0.680. The highest BCUT2D eigenvalue weighted by Crippen LogP contribution is 2.21. The predicted molar refractivity (Wildman–Crippen MR) is 26.3 cm³/mol. The number of rotatable bonds is 3. The number of hydrogen-bond donors (Lipinski definition) is 0. The smallest absolute Gasteiger partial charge is 0.299 e. The van der Waals surface area contributed by atoms with E-state index in [1.807, 2.05) is 0 Å². The van der Waals surface area contributed by atoms with Crippen LogP contribution in [0.15, 0.2) is 0 Å². The monoisotopic (exact) mass is 176 g/mol. The first-order chi connectivity index (χ1) is 4.81. The molecule has 0 aromatic heterocycles. The number of Topliss-reactive ketones (excluding diaryl/α,β-unsaturated/α-hetero) is 1. The van der Waals surface area contributed by atoms with Crippen LogP contribution in [0.1, 0.15) is 12.8 Å². The van der Waals surface area contributed by atoms with Gasteiger partial charge < -0.3 is 0 Å². The van der Waals surface area contributed by atoms with E-state index < -0.39 is 31.2 Å². The van der Waals surface area contributed by atoms with Crippen LogP contribution in [0.25, 0.3) is 0 Å². The molecule has 0 radical (unpaired) electrons. The van der Waals surface area contributed by atoms with Gasteiger partial charge in [-0.25, -0.2) is 8.78 Å². The predicted octanol–water partition coefficient (Wildman–Crippen LogP) is 2.16. The third-order valence-electron chi connectivity index (χ3n) is 0.780. The second kappa shape index (κ2) is 3.64. The van der Waals surface area contributed by atoms with Crippen molar-refractivity contribution in [2.24, 2.45) is 0 Å². The van der Waals surface area contributed by atoms with Crippen molar-refractivity contribution in [3.8, 4) is 0 Å². The molecule has 0 amide bonds. The van der Waals surface area contributed by atoms with E-state index in [4.69, 9.17) is 0 Å².